The third-order valence-corrected chi connectivity index (χ3v) is 6.05. The van der Waals surface area contributed by atoms with E-state index < -0.39 is 27.1 Å². The Labute approximate surface area is 156 Å². The molecule has 1 heterocycles. The predicted molar refractivity (Wildman–Crippen MR) is 102 cm³/mol. The molecule has 2 aromatic carbocycles. The molecule has 1 aromatic heterocycles. The lowest BCUT2D eigenvalue weighted by atomic mass is 9.72. The SMILES string of the molecule is CC(c1ccc(F)cc1F)(c1c[nH]c2c(NS(C)(=O)=O)cccc12)C1CC1. The minimum absolute atomic E-state index is 0.239. The topological polar surface area (TPSA) is 62.0 Å². The van der Waals surface area contributed by atoms with Crippen LogP contribution >= 0.6 is 0 Å². The summed E-state index contributed by atoms with van der Waals surface area (Å²) in [5, 5.41) is 0.821. The summed E-state index contributed by atoms with van der Waals surface area (Å²) < 4.78 is 54.0. The molecule has 0 spiro atoms. The van der Waals surface area contributed by atoms with Crippen LogP contribution in [0, 0.1) is 17.6 Å². The van der Waals surface area contributed by atoms with E-state index in [0.29, 0.717) is 16.8 Å². The van der Waals surface area contributed by atoms with Gasteiger partial charge in [-0.1, -0.05) is 25.1 Å². The number of sulfonamides is 1. The fourth-order valence-corrected chi connectivity index (χ4v) is 4.59. The maximum atomic E-state index is 14.7. The van der Waals surface area contributed by atoms with Crippen molar-refractivity contribution in [2.24, 2.45) is 5.92 Å². The summed E-state index contributed by atoms with van der Waals surface area (Å²) in [5.74, 6) is -0.930. The standard InChI is InChI=1S/C20H20F2N2O2S/c1-20(12-6-7-12,15-9-8-13(21)10-17(15)22)16-11-23-19-14(16)4-3-5-18(19)24-27(2,25)26/h3-5,8-12,23-24H,6-7H2,1-2H3. The van der Waals surface area contributed by atoms with E-state index in [1.54, 1.807) is 18.3 Å². The first-order valence-corrected chi connectivity index (χ1v) is 10.6. The maximum absolute atomic E-state index is 14.7. The van der Waals surface area contributed by atoms with Gasteiger partial charge in [0.15, 0.2) is 0 Å². The average Bonchev–Trinajstić information content (AvgIpc) is 3.33. The van der Waals surface area contributed by atoms with Crippen molar-refractivity contribution >= 4 is 26.6 Å². The molecule has 7 heteroatoms. The van der Waals surface area contributed by atoms with E-state index in [0.717, 1.165) is 36.1 Å². The van der Waals surface area contributed by atoms with Gasteiger partial charge in [-0.05, 0) is 42.0 Å². The molecule has 1 fully saturated rings. The molecular weight excluding hydrogens is 370 g/mol. The summed E-state index contributed by atoms with van der Waals surface area (Å²) in [6.07, 6.45) is 4.82. The lowest BCUT2D eigenvalue weighted by Crippen LogP contribution is -2.27. The Hall–Kier alpha value is -2.41. The molecule has 4 nitrogen and oxygen atoms in total. The zero-order valence-corrected chi connectivity index (χ0v) is 15.8. The van der Waals surface area contributed by atoms with Crippen molar-refractivity contribution in [3.8, 4) is 0 Å². The van der Waals surface area contributed by atoms with E-state index in [2.05, 4.69) is 9.71 Å². The minimum atomic E-state index is -3.43. The molecular formula is C20H20F2N2O2S. The number of rotatable bonds is 5. The number of nitrogens with one attached hydrogen (secondary N) is 2. The molecule has 2 N–H and O–H groups in total. The van der Waals surface area contributed by atoms with Crippen molar-refractivity contribution < 1.29 is 17.2 Å². The van der Waals surface area contributed by atoms with Gasteiger partial charge in [-0.25, -0.2) is 17.2 Å². The largest absolute Gasteiger partial charge is 0.359 e. The van der Waals surface area contributed by atoms with Gasteiger partial charge in [0.05, 0.1) is 17.5 Å². The van der Waals surface area contributed by atoms with E-state index in [9.17, 15) is 17.2 Å². The molecule has 1 aliphatic carbocycles. The Morgan fingerprint density at radius 2 is 1.89 bits per heavy atom. The Kier molecular flexibility index (Phi) is 4.03. The number of fused-ring (bicyclic) bond motifs is 1. The Balaban J connectivity index is 1.92. The van der Waals surface area contributed by atoms with Crippen molar-refractivity contribution in [1.29, 1.82) is 0 Å². The first-order valence-electron chi connectivity index (χ1n) is 8.74. The number of anilines is 1. The van der Waals surface area contributed by atoms with Gasteiger partial charge >= 0.3 is 0 Å². The molecule has 0 saturated heterocycles. The molecule has 27 heavy (non-hydrogen) atoms. The van der Waals surface area contributed by atoms with Gasteiger partial charge in [-0.15, -0.1) is 0 Å². The monoisotopic (exact) mass is 390 g/mol. The number of benzene rings is 2. The Morgan fingerprint density at radius 1 is 1.15 bits per heavy atom. The number of H-pyrrole nitrogens is 1. The van der Waals surface area contributed by atoms with E-state index in [1.807, 2.05) is 13.0 Å². The van der Waals surface area contributed by atoms with E-state index >= 15 is 0 Å². The van der Waals surface area contributed by atoms with Crippen LogP contribution in [0.4, 0.5) is 14.5 Å². The highest BCUT2D eigenvalue weighted by molar-refractivity contribution is 7.92. The molecule has 3 aromatic rings. The predicted octanol–water partition coefficient (Wildman–Crippen LogP) is 4.53. The van der Waals surface area contributed by atoms with Crippen LogP contribution in [0.15, 0.2) is 42.6 Å². The summed E-state index contributed by atoms with van der Waals surface area (Å²) in [4.78, 5) is 3.14. The van der Waals surface area contributed by atoms with Gasteiger partial charge in [0.2, 0.25) is 10.0 Å². The molecule has 0 aliphatic heterocycles. The van der Waals surface area contributed by atoms with Crippen LogP contribution in [0.3, 0.4) is 0 Å². The van der Waals surface area contributed by atoms with Crippen LogP contribution in [0.25, 0.3) is 10.9 Å². The second-order valence-electron chi connectivity index (χ2n) is 7.41. The second kappa shape index (κ2) is 6.05. The first-order chi connectivity index (χ1) is 12.7. The smallest absolute Gasteiger partial charge is 0.229 e. The number of hydrogen-bond acceptors (Lipinski definition) is 2. The molecule has 1 saturated carbocycles. The number of aromatic amines is 1. The van der Waals surface area contributed by atoms with Gasteiger partial charge in [0, 0.05) is 23.1 Å². The first kappa shape index (κ1) is 18.0. The molecule has 0 bridgehead atoms. The van der Waals surface area contributed by atoms with Crippen molar-refractivity contribution in [3.05, 3.63) is 65.4 Å². The number of halogens is 2. The minimum Gasteiger partial charge on any atom is -0.359 e. The number of para-hydroxylation sites is 1. The highest BCUT2D eigenvalue weighted by Crippen LogP contribution is 2.53. The summed E-state index contributed by atoms with van der Waals surface area (Å²) in [6, 6.07) is 9.04. The van der Waals surface area contributed by atoms with Crippen molar-refractivity contribution in [1.82, 2.24) is 4.98 Å². The summed E-state index contributed by atoms with van der Waals surface area (Å²) in [7, 11) is -3.43. The summed E-state index contributed by atoms with van der Waals surface area (Å²) in [5.41, 5.74) is 1.78. The number of hydrogen-bond donors (Lipinski definition) is 2. The average molecular weight is 390 g/mol. The number of aromatic nitrogens is 1. The maximum Gasteiger partial charge on any atom is 0.229 e. The van der Waals surface area contributed by atoms with Gasteiger partial charge < -0.3 is 4.98 Å². The van der Waals surface area contributed by atoms with E-state index in [-0.39, 0.29) is 5.92 Å². The van der Waals surface area contributed by atoms with E-state index in [4.69, 9.17) is 0 Å². The van der Waals surface area contributed by atoms with Crippen LogP contribution < -0.4 is 4.72 Å². The highest BCUT2D eigenvalue weighted by atomic mass is 32.2. The van der Waals surface area contributed by atoms with Crippen LogP contribution in [0.1, 0.15) is 30.9 Å². The van der Waals surface area contributed by atoms with Crippen LogP contribution in [0.5, 0.6) is 0 Å². The van der Waals surface area contributed by atoms with Crippen LogP contribution in [0.2, 0.25) is 0 Å². The third kappa shape index (κ3) is 3.10. The molecule has 4 rings (SSSR count). The molecule has 1 unspecified atom stereocenters. The summed E-state index contributed by atoms with van der Waals surface area (Å²) >= 11 is 0. The van der Waals surface area contributed by atoms with E-state index in [1.165, 1.54) is 12.1 Å². The zero-order chi connectivity index (χ0) is 19.4. The van der Waals surface area contributed by atoms with Crippen molar-refractivity contribution in [2.75, 3.05) is 11.0 Å². The molecule has 142 valence electrons. The fourth-order valence-electron chi connectivity index (χ4n) is 4.03. The second-order valence-corrected chi connectivity index (χ2v) is 9.15. The molecule has 1 atom stereocenters. The zero-order valence-electron chi connectivity index (χ0n) is 15.0. The van der Waals surface area contributed by atoms with Crippen molar-refractivity contribution in [2.45, 2.75) is 25.2 Å². The molecule has 0 amide bonds. The van der Waals surface area contributed by atoms with Gasteiger partial charge in [0.1, 0.15) is 11.6 Å². The van der Waals surface area contributed by atoms with Gasteiger partial charge in [-0.3, -0.25) is 4.72 Å². The van der Waals surface area contributed by atoms with Crippen LogP contribution in [-0.2, 0) is 15.4 Å². The Morgan fingerprint density at radius 3 is 2.52 bits per heavy atom. The highest BCUT2D eigenvalue weighted by Gasteiger charge is 2.46. The normalized spacial score (nSPS) is 17.0. The quantitative estimate of drug-likeness (QED) is 0.672. The van der Waals surface area contributed by atoms with Crippen LogP contribution in [-0.4, -0.2) is 19.7 Å². The lowest BCUT2D eigenvalue weighted by Gasteiger charge is -2.31. The fraction of sp³-hybridized carbons (Fsp3) is 0.300. The Bertz CT molecular complexity index is 1140. The van der Waals surface area contributed by atoms with Gasteiger partial charge in [0.25, 0.3) is 0 Å². The third-order valence-electron chi connectivity index (χ3n) is 5.45. The van der Waals surface area contributed by atoms with Gasteiger partial charge in [-0.2, -0.15) is 0 Å². The molecule has 0 radical (unpaired) electrons. The lowest BCUT2D eigenvalue weighted by molar-refractivity contribution is 0.460. The molecule has 1 aliphatic rings. The van der Waals surface area contributed by atoms with Crippen molar-refractivity contribution in [3.63, 3.8) is 0 Å². The summed E-state index contributed by atoms with van der Waals surface area (Å²) in [6.45, 7) is 1.97.